The van der Waals surface area contributed by atoms with Gasteiger partial charge in [-0.3, -0.25) is 9.48 Å². The molecule has 1 atom stereocenters. The number of hydrogen-bond donors (Lipinski definition) is 1. The second kappa shape index (κ2) is 6.82. The molecule has 144 valence electrons. The van der Waals surface area contributed by atoms with Gasteiger partial charge in [0.05, 0.1) is 42.5 Å². The number of carbonyl (C=O) groups is 1. The van der Waals surface area contributed by atoms with Crippen molar-refractivity contribution in [3.05, 3.63) is 53.7 Å². The van der Waals surface area contributed by atoms with Crippen molar-refractivity contribution in [3.8, 4) is 17.0 Å². The van der Waals surface area contributed by atoms with E-state index in [1.54, 1.807) is 13.3 Å². The van der Waals surface area contributed by atoms with Gasteiger partial charge in [0, 0.05) is 18.7 Å². The van der Waals surface area contributed by atoms with E-state index in [-0.39, 0.29) is 11.9 Å². The van der Waals surface area contributed by atoms with Crippen LogP contribution in [-0.2, 0) is 13.0 Å². The van der Waals surface area contributed by atoms with E-state index in [0.29, 0.717) is 0 Å². The van der Waals surface area contributed by atoms with Crippen LogP contribution in [-0.4, -0.2) is 44.2 Å². The molecule has 1 aromatic carbocycles. The Hall–Kier alpha value is -3.09. The van der Waals surface area contributed by atoms with Crippen LogP contribution in [0.4, 0.5) is 0 Å². The first-order valence-electron chi connectivity index (χ1n) is 9.79. The molecule has 4 heterocycles. The molecule has 3 aromatic rings. The number of methoxy groups -OCH3 is 1. The quantitative estimate of drug-likeness (QED) is 0.757. The molecule has 0 radical (unpaired) electrons. The van der Waals surface area contributed by atoms with Crippen LogP contribution in [0.25, 0.3) is 11.3 Å². The number of fused-ring (bicyclic) bond motifs is 1. The molecule has 2 aliphatic rings. The summed E-state index contributed by atoms with van der Waals surface area (Å²) in [4.78, 5) is 23.2. The Labute approximate surface area is 163 Å². The standard InChI is InChI=1S/C21H23N5O2/c1-28-15-6-2-5-14(11-15)17-13-22-20(24-17)19-8-3-9-25(19)21(27)16-12-23-26-10-4-7-18(16)26/h2,5-6,11-13,19H,3-4,7-10H2,1H3,(H,22,24)/t19-/m1/s1. The van der Waals surface area contributed by atoms with Gasteiger partial charge in [0.25, 0.3) is 5.91 Å². The second-order valence-corrected chi connectivity index (χ2v) is 7.40. The first-order valence-corrected chi connectivity index (χ1v) is 9.79. The molecule has 1 saturated heterocycles. The lowest BCUT2D eigenvalue weighted by Gasteiger charge is -2.23. The van der Waals surface area contributed by atoms with E-state index >= 15 is 0 Å². The normalized spacial score (nSPS) is 18.5. The van der Waals surface area contributed by atoms with Crippen molar-refractivity contribution < 1.29 is 9.53 Å². The topological polar surface area (TPSA) is 76.0 Å². The molecule has 0 unspecified atom stereocenters. The first-order chi connectivity index (χ1) is 13.7. The number of benzene rings is 1. The van der Waals surface area contributed by atoms with Crippen molar-refractivity contribution in [1.82, 2.24) is 24.6 Å². The van der Waals surface area contributed by atoms with Gasteiger partial charge in [-0.25, -0.2) is 4.98 Å². The number of H-pyrrole nitrogens is 1. The molecule has 1 N–H and O–H groups in total. The first kappa shape index (κ1) is 17.0. The van der Waals surface area contributed by atoms with E-state index in [9.17, 15) is 4.79 Å². The van der Waals surface area contributed by atoms with Crippen LogP contribution < -0.4 is 4.74 Å². The van der Waals surface area contributed by atoms with Crippen LogP contribution >= 0.6 is 0 Å². The maximum absolute atomic E-state index is 13.2. The highest BCUT2D eigenvalue weighted by Crippen LogP contribution is 2.34. The number of nitrogens with zero attached hydrogens (tertiary/aromatic N) is 4. The summed E-state index contributed by atoms with van der Waals surface area (Å²) in [6.45, 7) is 1.66. The Kier molecular flexibility index (Phi) is 4.15. The third kappa shape index (κ3) is 2.78. The summed E-state index contributed by atoms with van der Waals surface area (Å²) in [5.74, 6) is 1.72. The summed E-state index contributed by atoms with van der Waals surface area (Å²) in [6.07, 6.45) is 7.46. The number of rotatable bonds is 4. The van der Waals surface area contributed by atoms with Crippen LogP contribution in [0.1, 0.15) is 47.2 Å². The summed E-state index contributed by atoms with van der Waals surface area (Å²) in [5.41, 5.74) is 3.78. The van der Waals surface area contributed by atoms with Gasteiger partial charge in [0.1, 0.15) is 11.6 Å². The third-order valence-electron chi connectivity index (χ3n) is 5.77. The van der Waals surface area contributed by atoms with Gasteiger partial charge in [0.2, 0.25) is 0 Å². The second-order valence-electron chi connectivity index (χ2n) is 7.40. The fraction of sp³-hybridized carbons (Fsp3) is 0.381. The monoisotopic (exact) mass is 377 g/mol. The number of likely N-dealkylation sites (tertiary alicyclic amines) is 1. The molecule has 7 heteroatoms. The number of carbonyl (C=O) groups excluding carboxylic acids is 1. The maximum atomic E-state index is 13.2. The molecule has 5 rings (SSSR count). The van der Waals surface area contributed by atoms with Crippen molar-refractivity contribution in [2.24, 2.45) is 0 Å². The van der Waals surface area contributed by atoms with Gasteiger partial charge >= 0.3 is 0 Å². The number of aromatic amines is 1. The van der Waals surface area contributed by atoms with E-state index < -0.39 is 0 Å². The minimum atomic E-state index is -0.0242. The molecule has 1 amide bonds. The number of nitrogens with one attached hydrogen (secondary N) is 1. The summed E-state index contributed by atoms with van der Waals surface area (Å²) < 4.78 is 7.28. The minimum Gasteiger partial charge on any atom is -0.497 e. The molecule has 0 spiro atoms. The minimum absolute atomic E-state index is 0.0242. The average molecular weight is 377 g/mol. The summed E-state index contributed by atoms with van der Waals surface area (Å²) in [5, 5.41) is 4.38. The smallest absolute Gasteiger partial charge is 0.257 e. The molecule has 0 aliphatic carbocycles. The van der Waals surface area contributed by atoms with E-state index in [4.69, 9.17) is 4.74 Å². The predicted molar refractivity (Wildman–Crippen MR) is 104 cm³/mol. The zero-order chi connectivity index (χ0) is 19.1. The van der Waals surface area contributed by atoms with Gasteiger partial charge in [-0.15, -0.1) is 0 Å². The molecule has 1 fully saturated rings. The van der Waals surface area contributed by atoms with Crippen molar-refractivity contribution in [2.75, 3.05) is 13.7 Å². The van der Waals surface area contributed by atoms with Crippen molar-refractivity contribution in [3.63, 3.8) is 0 Å². The molecule has 0 saturated carbocycles. The molecule has 0 bridgehead atoms. The molecule has 2 aromatic heterocycles. The van der Waals surface area contributed by atoms with Crippen LogP contribution in [0, 0.1) is 0 Å². The van der Waals surface area contributed by atoms with E-state index in [1.807, 2.05) is 40.0 Å². The SMILES string of the molecule is COc1cccc(-c2cnc([C@H]3CCCN3C(=O)c3cnn4c3CCC4)[nH]2)c1. The number of aryl methyl sites for hydroxylation is 1. The van der Waals surface area contributed by atoms with E-state index in [2.05, 4.69) is 15.1 Å². The van der Waals surface area contributed by atoms with E-state index in [1.165, 1.54) is 0 Å². The fourth-order valence-corrected chi connectivity index (χ4v) is 4.33. The lowest BCUT2D eigenvalue weighted by Crippen LogP contribution is -2.31. The van der Waals surface area contributed by atoms with Crippen molar-refractivity contribution >= 4 is 5.91 Å². The van der Waals surface area contributed by atoms with E-state index in [0.717, 1.165) is 72.9 Å². The highest BCUT2D eigenvalue weighted by atomic mass is 16.5. The molecular weight excluding hydrogens is 354 g/mol. The Bertz CT molecular complexity index is 1020. The fourth-order valence-electron chi connectivity index (χ4n) is 4.33. The lowest BCUT2D eigenvalue weighted by atomic mass is 10.1. The van der Waals surface area contributed by atoms with Gasteiger partial charge in [0.15, 0.2) is 0 Å². The molecular formula is C21H23N5O2. The summed E-state index contributed by atoms with van der Waals surface area (Å²) in [7, 11) is 1.66. The number of ether oxygens (including phenoxy) is 1. The molecule has 7 nitrogen and oxygen atoms in total. The van der Waals surface area contributed by atoms with Crippen molar-refractivity contribution in [2.45, 2.75) is 38.3 Å². The Morgan fingerprint density at radius 2 is 2.18 bits per heavy atom. The van der Waals surface area contributed by atoms with Crippen LogP contribution in [0.3, 0.4) is 0 Å². The predicted octanol–water partition coefficient (Wildman–Crippen LogP) is 3.21. The largest absolute Gasteiger partial charge is 0.497 e. The summed E-state index contributed by atoms with van der Waals surface area (Å²) in [6, 6.07) is 7.85. The highest BCUT2D eigenvalue weighted by Gasteiger charge is 2.35. The third-order valence-corrected chi connectivity index (χ3v) is 5.77. The zero-order valence-corrected chi connectivity index (χ0v) is 15.9. The Morgan fingerprint density at radius 1 is 1.25 bits per heavy atom. The number of hydrogen-bond acceptors (Lipinski definition) is 4. The summed E-state index contributed by atoms with van der Waals surface area (Å²) >= 11 is 0. The number of aromatic nitrogens is 4. The molecule has 28 heavy (non-hydrogen) atoms. The maximum Gasteiger partial charge on any atom is 0.257 e. The van der Waals surface area contributed by atoms with Gasteiger partial charge in [-0.2, -0.15) is 5.10 Å². The van der Waals surface area contributed by atoms with Crippen LogP contribution in [0.5, 0.6) is 5.75 Å². The van der Waals surface area contributed by atoms with Gasteiger partial charge in [-0.05, 0) is 37.8 Å². The lowest BCUT2D eigenvalue weighted by molar-refractivity contribution is 0.0729. The van der Waals surface area contributed by atoms with Crippen LogP contribution in [0.15, 0.2) is 36.7 Å². The van der Waals surface area contributed by atoms with Gasteiger partial charge in [-0.1, -0.05) is 12.1 Å². The van der Waals surface area contributed by atoms with Crippen LogP contribution in [0.2, 0.25) is 0 Å². The molecule has 2 aliphatic heterocycles. The number of imidazole rings is 1. The number of amides is 1. The van der Waals surface area contributed by atoms with Gasteiger partial charge < -0.3 is 14.6 Å². The van der Waals surface area contributed by atoms with Crippen molar-refractivity contribution in [1.29, 1.82) is 0 Å². The zero-order valence-electron chi connectivity index (χ0n) is 15.9. The average Bonchev–Trinajstić information content (AvgIpc) is 3.50. The Balaban J connectivity index is 1.41. The highest BCUT2D eigenvalue weighted by molar-refractivity contribution is 5.95. The Morgan fingerprint density at radius 3 is 3.07 bits per heavy atom.